The average Bonchev–Trinajstić information content (AvgIpc) is 3.35. The molecule has 0 radical (unpaired) electrons. The summed E-state index contributed by atoms with van der Waals surface area (Å²) in [5.74, 6) is 0.115. The number of rotatable bonds is 11. The predicted molar refractivity (Wildman–Crippen MR) is 148 cm³/mol. The molecule has 0 aliphatic carbocycles. The number of nitrogens with zero attached hydrogens (tertiary/aromatic N) is 6. The van der Waals surface area contributed by atoms with E-state index < -0.39 is 27.4 Å². The van der Waals surface area contributed by atoms with Crippen LogP contribution in [0.25, 0.3) is 11.3 Å². The molecular weight excluding hydrogens is 563 g/mol. The Hall–Kier alpha value is -2.33. The third kappa shape index (κ3) is 8.83. The maximum Gasteiger partial charge on any atom is 0.419 e. The number of sulfonamides is 1. The Labute approximate surface area is 239 Å². The molecule has 230 valence electrons. The quantitative estimate of drug-likeness (QED) is 0.399. The summed E-state index contributed by atoms with van der Waals surface area (Å²) in [4.78, 5) is 10.4. The largest absolute Gasteiger partial charge is 0.419 e. The Kier molecular flexibility index (Phi) is 9.94. The summed E-state index contributed by atoms with van der Waals surface area (Å²) in [5.41, 5.74) is -2.26. The highest BCUT2D eigenvalue weighted by molar-refractivity contribution is 7.89. The summed E-state index contributed by atoms with van der Waals surface area (Å²) >= 11 is 0. The average molecular weight is 604 g/mol. The number of piperidine rings is 2. The fourth-order valence-electron chi connectivity index (χ4n) is 5.28. The van der Waals surface area contributed by atoms with Crippen LogP contribution in [0.2, 0.25) is 0 Å². The second kappa shape index (κ2) is 12.9. The molecule has 0 saturated carbocycles. The van der Waals surface area contributed by atoms with Crippen molar-refractivity contribution in [3.05, 3.63) is 24.2 Å². The first-order valence-corrected chi connectivity index (χ1v) is 15.5. The third-order valence-corrected chi connectivity index (χ3v) is 9.43. The second-order valence-corrected chi connectivity index (χ2v) is 13.5. The summed E-state index contributed by atoms with van der Waals surface area (Å²) in [6.07, 6.45) is 2.48. The van der Waals surface area contributed by atoms with E-state index in [1.54, 1.807) is 21.0 Å². The van der Waals surface area contributed by atoms with Crippen LogP contribution in [0.15, 0.2) is 18.6 Å². The van der Waals surface area contributed by atoms with Crippen LogP contribution in [0.1, 0.15) is 51.5 Å². The van der Waals surface area contributed by atoms with E-state index in [0.717, 1.165) is 38.7 Å². The summed E-state index contributed by atoms with van der Waals surface area (Å²) in [6.45, 7) is 6.43. The van der Waals surface area contributed by atoms with Crippen LogP contribution in [-0.2, 0) is 27.5 Å². The first-order valence-electron chi connectivity index (χ1n) is 13.9. The van der Waals surface area contributed by atoms with Crippen LogP contribution in [0, 0.1) is 0 Å². The SMILES string of the molecule is COC1CCN(CCCS(=O)(=O)N2CCC(Nc3ncc(C(F)(F)F)c(-c4cnn(CC(C)(C)O)c4)n3)CC2)CC1. The van der Waals surface area contributed by atoms with E-state index in [1.807, 2.05) is 0 Å². The normalized spacial score (nSPS) is 19.1. The maximum atomic E-state index is 13.7. The first-order chi connectivity index (χ1) is 19.2. The van der Waals surface area contributed by atoms with Gasteiger partial charge in [0.05, 0.1) is 35.9 Å². The smallest absolute Gasteiger partial charge is 0.389 e. The molecule has 2 aliphatic heterocycles. The molecule has 2 N–H and O–H groups in total. The van der Waals surface area contributed by atoms with Crippen molar-refractivity contribution in [2.75, 3.05) is 50.9 Å². The van der Waals surface area contributed by atoms with E-state index >= 15 is 0 Å². The van der Waals surface area contributed by atoms with Crippen LogP contribution < -0.4 is 5.32 Å². The standard InChI is InChI=1S/C26H40F3N7O4S/c1-25(2,37)18-35-17-19(15-31-35)23-22(26(27,28)29)16-30-24(33-23)32-20-5-12-36(13-6-20)41(38,39)14-4-9-34-10-7-21(40-3)8-11-34/h15-17,20-21,37H,4-14,18H2,1-3H3,(H,30,32,33). The van der Waals surface area contributed by atoms with E-state index in [-0.39, 0.29) is 41.6 Å². The van der Waals surface area contributed by atoms with Crippen molar-refractivity contribution in [2.45, 2.75) is 76.4 Å². The highest BCUT2D eigenvalue weighted by Gasteiger charge is 2.36. The van der Waals surface area contributed by atoms with Gasteiger partial charge in [-0.1, -0.05) is 0 Å². The molecule has 0 unspecified atom stereocenters. The first kappa shape index (κ1) is 31.6. The summed E-state index contributed by atoms with van der Waals surface area (Å²) < 4.78 is 75.3. The molecule has 11 nitrogen and oxygen atoms in total. The molecule has 4 rings (SSSR count). The van der Waals surface area contributed by atoms with Crippen LogP contribution in [0.5, 0.6) is 0 Å². The number of anilines is 1. The molecule has 2 saturated heterocycles. The molecule has 41 heavy (non-hydrogen) atoms. The van der Waals surface area contributed by atoms with E-state index in [4.69, 9.17) is 4.74 Å². The molecule has 0 bridgehead atoms. The van der Waals surface area contributed by atoms with Gasteiger partial charge in [0.25, 0.3) is 0 Å². The van der Waals surface area contributed by atoms with Crippen molar-refractivity contribution in [1.82, 2.24) is 29.0 Å². The van der Waals surface area contributed by atoms with Gasteiger partial charge >= 0.3 is 6.18 Å². The van der Waals surface area contributed by atoms with Gasteiger partial charge < -0.3 is 20.1 Å². The molecule has 0 spiro atoms. The molecular formula is C26H40F3N7O4S. The summed E-state index contributed by atoms with van der Waals surface area (Å²) in [7, 11) is -1.68. The van der Waals surface area contributed by atoms with Gasteiger partial charge in [0.15, 0.2) is 0 Å². The molecule has 2 aliphatic rings. The number of alkyl halides is 3. The topological polar surface area (TPSA) is 126 Å². The zero-order valence-corrected chi connectivity index (χ0v) is 24.6. The number of hydrogen-bond donors (Lipinski definition) is 2. The number of aromatic nitrogens is 4. The number of nitrogens with one attached hydrogen (secondary N) is 1. The third-order valence-electron chi connectivity index (χ3n) is 7.47. The lowest BCUT2D eigenvalue weighted by Gasteiger charge is -2.33. The monoisotopic (exact) mass is 603 g/mol. The fraction of sp³-hybridized carbons (Fsp3) is 0.731. The van der Waals surface area contributed by atoms with Crippen LogP contribution in [0.4, 0.5) is 19.1 Å². The Balaban J connectivity index is 1.33. The van der Waals surface area contributed by atoms with Gasteiger partial charge in [-0.15, -0.1) is 0 Å². The zero-order valence-electron chi connectivity index (χ0n) is 23.8. The van der Waals surface area contributed by atoms with E-state index in [1.165, 1.54) is 21.4 Å². The molecule has 0 amide bonds. The van der Waals surface area contributed by atoms with Crippen molar-refractivity contribution in [3.63, 3.8) is 0 Å². The summed E-state index contributed by atoms with van der Waals surface area (Å²) in [5, 5.41) is 17.2. The Morgan fingerprint density at radius 3 is 2.39 bits per heavy atom. The number of likely N-dealkylation sites (tertiary alicyclic amines) is 1. The van der Waals surface area contributed by atoms with Gasteiger partial charge in [0.2, 0.25) is 16.0 Å². The number of methoxy groups -OCH3 is 1. The number of hydrogen-bond acceptors (Lipinski definition) is 9. The van der Waals surface area contributed by atoms with Crippen LogP contribution in [0.3, 0.4) is 0 Å². The van der Waals surface area contributed by atoms with Gasteiger partial charge in [-0.25, -0.2) is 22.7 Å². The molecule has 2 aromatic rings. The van der Waals surface area contributed by atoms with E-state index in [2.05, 4.69) is 25.3 Å². The second-order valence-electron chi connectivity index (χ2n) is 11.5. The number of halogens is 3. The summed E-state index contributed by atoms with van der Waals surface area (Å²) in [6, 6.07) is -0.189. The molecule has 4 heterocycles. The Bertz CT molecular complexity index is 1250. The van der Waals surface area contributed by atoms with Gasteiger partial charge in [0.1, 0.15) is 5.56 Å². The minimum absolute atomic E-state index is 0.0294. The van der Waals surface area contributed by atoms with Gasteiger partial charge in [-0.2, -0.15) is 18.3 Å². The van der Waals surface area contributed by atoms with Gasteiger partial charge in [0, 0.05) is 57.3 Å². The minimum Gasteiger partial charge on any atom is -0.389 e. The number of aliphatic hydroxyl groups is 1. The molecule has 0 atom stereocenters. The number of ether oxygens (including phenoxy) is 1. The molecule has 0 aromatic carbocycles. The zero-order chi connectivity index (χ0) is 29.8. The van der Waals surface area contributed by atoms with Gasteiger partial charge in [-0.3, -0.25) is 4.68 Å². The van der Waals surface area contributed by atoms with Crippen LogP contribution in [-0.4, -0.2) is 106 Å². The highest BCUT2D eigenvalue weighted by Crippen LogP contribution is 2.36. The minimum atomic E-state index is -4.67. The molecule has 2 fully saturated rings. The van der Waals surface area contributed by atoms with Crippen molar-refractivity contribution in [1.29, 1.82) is 0 Å². The fourth-order valence-corrected chi connectivity index (χ4v) is 6.80. The Morgan fingerprint density at radius 1 is 1.10 bits per heavy atom. The van der Waals surface area contributed by atoms with Crippen molar-refractivity contribution in [2.24, 2.45) is 0 Å². The van der Waals surface area contributed by atoms with Gasteiger partial charge in [-0.05, 0) is 52.5 Å². The lowest BCUT2D eigenvalue weighted by Crippen LogP contribution is -2.44. The molecule has 2 aromatic heterocycles. The molecule has 15 heteroatoms. The predicted octanol–water partition coefficient (Wildman–Crippen LogP) is 2.84. The van der Waals surface area contributed by atoms with Crippen molar-refractivity contribution < 1.29 is 31.4 Å². The van der Waals surface area contributed by atoms with Crippen molar-refractivity contribution in [3.8, 4) is 11.3 Å². The highest BCUT2D eigenvalue weighted by atomic mass is 32.2. The van der Waals surface area contributed by atoms with Crippen LogP contribution >= 0.6 is 0 Å². The lowest BCUT2D eigenvalue weighted by molar-refractivity contribution is -0.137. The maximum absolute atomic E-state index is 13.7. The van der Waals surface area contributed by atoms with E-state index in [9.17, 15) is 26.7 Å². The lowest BCUT2D eigenvalue weighted by atomic mass is 10.1. The van der Waals surface area contributed by atoms with E-state index in [0.29, 0.717) is 32.4 Å². The van der Waals surface area contributed by atoms with Crippen molar-refractivity contribution >= 4 is 16.0 Å². The Morgan fingerprint density at radius 2 is 1.78 bits per heavy atom.